The van der Waals surface area contributed by atoms with E-state index in [0.717, 1.165) is 0 Å². The lowest BCUT2D eigenvalue weighted by Gasteiger charge is -2.25. The Morgan fingerprint density at radius 2 is 1.54 bits per heavy atom. The van der Waals surface area contributed by atoms with Crippen LogP contribution in [0.15, 0.2) is 59.7 Å². The van der Waals surface area contributed by atoms with Crippen molar-refractivity contribution in [2.75, 3.05) is 18.6 Å². The number of ketones is 2. The Balaban J connectivity index is 2.03. The highest BCUT2D eigenvalue weighted by molar-refractivity contribution is 6.38. The molecule has 2 aromatic carbocycles. The number of carbonyl (C=O) groups excluding carboxylic acids is 3. The van der Waals surface area contributed by atoms with Crippen LogP contribution in [-0.2, 0) is 4.79 Å². The predicted molar refractivity (Wildman–Crippen MR) is 98.8 cm³/mol. The van der Waals surface area contributed by atoms with Crippen LogP contribution in [0, 0.1) is 0 Å². The molecular weight excluding hydrogens is 330 g/mol. The molecule has 0 spiro atoms. The normalized spacial score (nSPS) is 13.5. The van der Waals surface area contributed by atoms with Gasteiger partial charge in [-0.3, -0.25) is 14.4 Å². The topological polar surface area (TPSA) is 63.7 Å². The minimum Gasteiger partial charge on any atom is -0.497 e. The van der Waals surface area contributed by atoms with Gasteiger partial charge in [-0.05, 0) is 38.1 Å². The summed E-state index contributed by atoms with van der Waals surface area (Å²) in [6.45, 7) is 3.72. The zero-order valence-corrected chi connectivity index (χ0v) is 14.9. The first-order chi connectivity index (χ1) is 12.5. The lowest BCUT2D eigenvalue weighted by atomic mass is 9.84. The minimum atomic E-state index is -0.469. The maximum Gasteiger partial charge on any atom is 0.262 e. The number of Topliss-reactive ketones (excluding diaryl/α,β-unsaturated/α-hetero) is 2. The quantitative estimate of drug-likeness (QED) is 0.793. The molecule has 0 aliphatic heterocycles. The highest BCUT2D eigenvalue weighted by atomic mass is 16.5. The van der Waals surface area contributed by atoms with E-state index in [9.17, 15) is 14.4 Å². The second-order valence-corrected chi connectivity index (χ2v) is 5.95. The number of likely N-dealkylation sites (N-methyl/N-ethyl adjacent to an activating group) is 1. The molecule has 0 unspecified atom stereocenters. The maximum atomic E-state index is 13.1. The van der Waals surface area contributed by atoms with Gasteiger partial charge in [-0.2, -0.15) is 0 Å². The van der Waals surface area contributed by atoms with Crippen LogP contribution in [-0.4, -0.2) is 31.1 Å². The molecule has 3 rings (SSSR count). The summed E-state index contributed by atoms with van der Waals surface area (Å²) < 4.78 is 5.14. The van der Waals surface area contributed by atoms with Gasteiger partial charge in [-0.25, -0.2) is 0 Å². The average Bonchev–Trinajstić information content (AvgIpc) is 2.67. The van der Waals surface area contributed by atoms with E-state index in [1.165, 1.54) is 11.8 Å². The van der Waals surface area contributed by atoms with E-state index in [1.54, 1.807) is 55.6 Å². The van der Waals surface area contributed by atoms with Crippen molar-refractivity contribution in [1.82, 2.24) is 0 Å². The Kier molecular flexibility index (Phi) is 4.71. The van der Waals surface area contributed by atoms with Crippen molar-refractivity contribution in [2.24, 2.45) is 0 Å². The number of hydrogen-bond donors (Lipinski definition) is 0. The highest BCUT2D eigenvalue weighted by Crippen LogP contribution is 2.29. The minimum absolute atomic E-state index is 0.0635. The molecule has 0 heterocycles. The fraction of sp³-hybridized carbons (Fsp3) is 0.190. The summed E-state index contributed by atoms with van der Waals surface area (Å²) in [7, 11) is 1.57. The number of carbonyl (C=O) groups is 3. The molecule has 1 aliphatic carbocycles. The molecule has 0 bridgehead atoms. The smallest absolute Gasteiger partial charge is 0.262 e. The number of nitrogens with zero attached hydrogens (tertiary/aromatic N) is 1. The van der Waals surface area contributed by atoms with E-state index in [0.29, 0.717) is 23.5 Å². The summed E-state index contributed by atoms with van der Waals surface area (Å²) in [6, 6.07) is 13.6. The second-order valence-electron chi connectivity index (χ2n) is 5.95. The lowest BCUT2D eigenvalue weighted by Crippen LogP contribution is -2.37. The van der Waals surface area contributed by atoms with E-state index in [4.69, 9.17) is 4.74 Å². The van der Waals surface area contributed by atoms with Crippen LogP contribution in [0.2, 0.25) is 0 Å². The van der Waals surface area contributed by atoms with Gasteiger partial charge in [0.15, 0.2) is 11.6 Å². The fourth-order valence-corrected chi connectivity index (χ4v) is 3.10. The van der Waals surface area contributed by atoms with Gasteiger partial charge < -0.3 is 9.64 Å². The van der Waals surface area contributed by atoms with Crippen molar-refractivity contribution in [3.63, 3.8) is 0 Å². The Labute approximate surface area is 151 Å². The molecule has 1 aliphatic rings. The Morgan fingerprint density at radius 3 is 2.08 bits per heavy atom. The van der Waals surface area contributed by atoms with Crippen LogP contribution in [0.5, 0.6) is 5.75 Å². The second kappa shape index (κ2) is 6.96. The van der Waals surface area contributed by atoms with Crippen molar-refractivity contribution >= 4 is 23.2 Å². The van der Waals surface area contributed by atoms with E-state index >= 15 is 0 Å². The summed E-state index contributed by atoms with van der Waals surface area (Å²) >= 11 is 0. The van der Waals surface area contributed by atoms with Crippen molar-refractivity contribution < 1.29 is 19.1 Å². The van der Waals surface area contributed by atoms with Gasteiger partial charge >= 0.3 is 0 Å². The molecule has 0 saturated heterocycles. The number of rotatable bonds is 4. The van der Waals surface area contributed by atoms with Crippen LogP contribution in [0.4, 0.5) is 5.69 Å². The molecule has 1 amide bonds. The molecular formula is C21H19NO4. The number of amides is 1. The largest absolute Gasteiger partial charge is 0.497 e. The third-order valence-corrected chi connectivity index (χ3v) is 4.52. The molecule has 132 valence electrons. The maximum absolute atomic E-state index is 13.1. The molecule has 0 atom stereocenters. The number of methoxy groups -OCH3 is 1. The molecule has 0 radical (unpaired) electrons. The van der Waals surface area contributed by atoms with Gasteiger partial charge in [-0.1, -0.05) is 24.3 Å². The Bertz CT molecular complexity index is 925. The third kappa shape index (κ3) is 2.81. The van der Waals surface area contributed by atoms with Crippen molar-refractivity contribution in [1.29, 1.82) is 0 Å². The monoisotopic (exact) mass is 349 g/mol. The lowest BCUT2D eigenvalue weighted by molar-refractivity contribution is -0.114. The van der Waals surface area contributed by atoms with Crippen molar-refractivity contribution in [3.8, 4) is 5.75 Å². The van der Waals surface area contributed by atoms with Gasteiger partial charge in [0.05, 0.1) is 12.7 Å². The van der Waals surface area contributed by atoms with Gasteiger partial charge in [0.1, 0.15) is 5.75 Å². The summed E-state index contributed by atoms with van der Waals surface area (Å²) in [5.41, 5.74) is 1.38. The molecule has 5 heteroatoms. The van der Waals surface area contributed by atoms with Crippen molar-refractivity contribution in [3.05, 3.63) is 70.8 Å². The van der Waals surface area contributed by atoms with E-state index in [-0.39, 0.29) is 22.5 Å². The summed E-state index contributed by atoms with van der Waals surface area (Å²) in [4.78, 5) is 40.1. The number of allylic oxidation sites excluding steroid dienone is 1. The van der Waals surface area contributed by atoms with E-state index in [2.05, 4.69) is 0 Å². The van der Waals surface area contributed by atoms with Crippen LogP contribution >= 0.6 is 0 Å². The van der Waals surface area contributed by atoms with Gasteiger partial charge in [0.25, 0.3) is 5.91 Å². The van der Waals surface area contributed by atoms with E-state index < -0.39 is 11.7 Å². The van der Waals surface area contributed by atoms with Gasteiger partial charge in [0, 0.05) is 28.9 Å². The average molecular weight is 349 g/mol. The number of benzene rings is 2. The van der Waals surface area contributed by atoms with Gasteiger partial charge in [-0.15, -0.1) is 0 Å². The number of hydrogen-bond acceptors (Lipinski definition) is 4. The molecule has 2 aromatic rings. The van der Waals surface area contributed by atoms with Crippen LogP contribution in [0.1, 0.15) is 34.6 Å². The van der Waals surface area contributed by atoms with Crippen LogP contribution in [0.3, 0.4) is 0 Å². The first-order valence-corrected chi connectivity index (χ1v) is 8.34. The Hall–Kier alpha value is -3.21. The molecule has 26 heavy (non-hydrogen) atoms. The molecule has 0 aromatic heterocycles. The highest BCUT2D eigenvalue weighted by Gasteiger charge is 2.35. The molecule has 0 fully saturated rings. The summed E-state index contributed by atoms with van der Waals surface area (Å²) in [6.07, 6.45) is 0. The number of ether oxygens (including phenoxy) is 1. The van der Waals surface area contributed by atoms with Gasteiger partial charge in [0.2, 0.25) is 0 Å². The molecule has 0 saturated carbocycles. The summed E-state index contributed by atoms with van der Waals surface area (Å²) in [5.74, 6) is -0.488. The zero-order valence-electron chi connectivity index (χ0n) is 14.9. The van der Waals surface area contributed by atoms with E-state index in [1.807, 2.05) is 6.92 Å². The molecule has 0 N–H and O–H groups in total. The zero-order chi connectivity index (χ0) is 18.8. The van der Waals surface area contributed by atoms with Crippen LogP contribution in [0.25, 0.3) is 0 Å². The Morgan fingerprint density at radius 1 is 0.962 bits per heavy atom. The first-order valence-electron chi connectivity index (χ1n) is 8.34. The summed E-state index contributed by atoms with van der Waals surface area (Å²) in [5, 5.41) is 0. The fourth-order valence-electron chi connectivity index (χ4n) is 3.10. The number of anilines is 1. The standard InChI is InChI=1S/C21H19NO4/c1-4-22(14-9-11-15(26-3)12-10-14)21(25)18-13(2)19(23)16-7-5-6-8-17(16)20(18)24/h5-12H,4H2,1-3H3. The first kappa shape index (κ1) is 17.6. The third-order valence-electron chi connectivity index (χ3n) is 4.52. The number of fused-ring (bicyclic) bond motifs is 1. The van der Waals surface area contributed by atoms with Crippen molar-refractivity contribution in [2.45, 2.75) is 13.8 Å². The predicted octanol–water partition coefficient (Wildman–Crippen LogP) is 3.44. The SMILES string of the molecule is CCN(C(=O)C1=C(C)C(=O)c2ccccc2C1=O)c1ccc(OC)cc1. The van der Waals surface area contributed by atoms with Crippen LogP contribution < -0.4 is 9.64 Å². The molecule has 5 nitrogen and oxygen atoms in total.